The number of rotatable bonds is 2. The standard InChI is InChI=1S/C12H9F2NO/c13-9-2-3-11(14)10(5-9)12-4-1-8(7-16)6-15-12/h1-6,16H,7H2. The first-order valence-corrected chi connectivity index (χ1v) is 4.72. The summed E-state index contributed by atoms with van der Waals surface area (Å²) >= 11 is 0. The lowest BCUT2D eigenvalue weighted by Gasteiger charge is -2.03. The Balaban J connectivity index is 2.45. The van der Waals surface area contributed by atoms with Crippen LogP contribution in [0, 0.1) is 11.6 Å². The first-order chi connectivity index (χ1) is 7.70. The molecule has 2 nitrogen and oxygen atoms in total. The van der Waals surface area contributed by atoms with Crippen molar-refractivity contribution in [1.82, 2.24) is 4.98 Å². The van der Waals surface area contributed by atoms with Crippen LogP contribution >= 0.6 is 0 Å². The molecule has 1 aromatic carbocycles. The van der Waals surface area contributed by atoms with Gasteiger partial charge in [-0.1, -0.05) is 6.07 Å². The van der Waals surface area contributed by atoms with Crippen LogP contribution in [-0.4, -0.2) is 10.1 Å². The zero-order valence-corrected chi connectivity index (χ0v) is 8.32. The van der Waals surface area contributed by atoms with Crippen molar-refractivity contribution >= 4 is 0 Å². The Labute approximate surface area is 91.2 Å². The minimum Gasteiger partial charge on any atom is -0.392 e. The monoisotopic (exact) mass is 221 g/mol. The summed E-state index contributed by atoms with van der Waals surface area (Å²) in [5.41, 5.74) is 1.08. The molecule has 0 amide bonds. The number of halogens is 2. The second-order valence-corrected chi connectivity index (χ2v) is 3.33. The molecule has 0 unspecified atom stereocenters. The van der Waals surface area contributed by atoms with Crippen LogP contribution in [0.1, 0.15) is 5.56 Å². The second-order valence-electron chi connectivity index (χ2n) is 3.33. The van der Waals surface area contributed by atoms with Crippen molar-refractivity contribution < 1.29 is 13.9 Å². The molecule has 0 aliphatic heterocycles. The maximum Gasteiger partial charge on any atom is 0.132 e. The Morgan fingerprint density at radius 1 is 1.12 bits per heavy atom. The van der Waals surface area contributed by atoms with Crippen LogP contribution in [0.15, 0.2) is 36.5 Å². The normalized spacial score (nSPS) is 10.4. The molecule has 0 atom stereocenters. The van der Waals surface area contributed by atoms with E-state index in [-0.39, 0.29) is 12.2 Å². The number of hydrogen-bond donors (Lipinski definition) is 1. The molecule has 2 rings (SSSR count). The molecule has 2 aromatic rings. The van der Waals surface area contributed by atoms with Crippen LogP contribution in [0.3, 0.4) is 0 Å². The van der Waals surface area contributed by atoms with Gasteiger partial charge in [0.15, 0.2) is 0 Å². The van der Waals surface area contributed by atoms with Crippen molar-refractivity contribution in [2.75, 3.05) is 0 Å². The van der Waals surface area contributed by atoms with E-state index in [2.05, 4.69) is 4.98 Å². The van der Waals surface area contributed by atoms with E-state index >= 15 is 0 Å². The maximum absolute atomic E-state index is 13.4. The number of aliphatic hydroxyl groups excluding tert-OH is 1. The Bertz CT molecular complexity index is 497. The molecular weight excluding hydrogens is 212 g/mol. The van der Waals surface area contributed by atoms with Gasteiger partial charge in [0, 0.05) is 11.8 Å². The molecule has 0 aliphatic carbocycles. The fraction of sp³-hybridized carbons (Fsp3) is 0.0833. The zero-order chi connectivity index (χ0) is 11.5. The van der Waals surface area contributed by atoms with E-state index in [1.807, 2.05) is 0 Å². The van der Waals surface area contributed by atoms with Gasteiger partial charge in [-0.15, -0.1) is 0 Å². The number of hydrogen-bond acceptors (Lipinski definition) is 2. The van der Waals surface area contributed by atoms with E-state index in [1.165, 1.54) is 6.20 Å². The van der Waals surface area contributed by atoms with E-state index in [0.29, 0.717) is 11.3 Å². The topological polar surface area (TPSA) is 33.1 Å². The lowest BCUT2D eigenvalue weighted by molar-refractivity contribution is 0.281. The van der Waals surface area contributed by atoms with E-state index in [1.54, 1.807) is 12.1 Å². The Kier molecular flexibility index (Phi) is 2.92. The summed E-state index contributed by atoms with van der Waals surface area (Å²) in [4.78, 5) is 3.96. The van der Waals surface area contributed by atoms with Gasteiger partial charge in [-0.05, 0) is 29.8 Å². The second kappa shape index (κ2) is 4.37. The molecule has 1 aromatic heterocycles. The molecule has 16 heavy (non-hydrogen) atoms. The molecule has 4 heteroatoms. The first-order valence-electron chi connectivity index (χ1n) is 4.72. The number of aliphatic hydroxyl groups is 1. The molecule has 0 radical (unpaired) electrons. The van der Waals surface area contributed by atoms with E-state index in [0.717, 1.165) is 18.2 Å². The van der Waals surface area contributed by atoms with Gasteiger partial charge < -0.3 is 5.11 Å². The molecule has 82 valence electrons. The number of benzene rings is 1. The highest BCUT2D eigenvalue weighted by atomic mass is 19.1. The Morgan fingerprint density at radius 3 is 2.56 bits per heavy atom. The van der Waals surface area contributed by atoms with Crippen LogP contribution in [0.25, 0.3) is 11.3 Å². The summed E-state index contributed by atoms with van der Waals surface area (Å²) in [5.74, 6) is -1.03. The SMILES string of the molecule is OCc1ccc(-c2cc(F)ccc2F)nc1. The van der Waals surface area contributed by atoms with Gasteiger partial charge in [0.2, 0.25) is 0 Å². The van der Waals surface area contributed by atoms with Crippen molar-refractivity contribution in [3.8, 4) is 11.3 Å². The van der Waals surface area contributed by atoms with Gasteiger partial charge in [0.1, 0.15) is 11.6 Å². The van der Waals surface area contributed by atoms with Crippen LogP contribution in [0.5, 0.6) is 0 Å². The molecular formula is C12H9F2NO. The van der Waals surface area contributed by atoms with Crippen LogP contribution in [0.2, 0.25) is 0 Å². The molecule has 0 aliphatic rings. The predicted octanol–water partition coefficient (Wildman–Crippen LogP) is 2.52. The largest absolute Gasteiger partial charge is 0.392 e. The lowest BCUT2D eigenvalue weighted by atomic mass is 10.1. The molecule has 0 saturated heterocycles. The van der Waals surface area contributed by atoms with Gasteiger partial charge in [0.25, 0.3) is 0 Å². The summed E-state index contributed by atoms with van der Waals surface area (Å²) < 4.78 is 26.3. The van der Waals surface area contributed by atoms with Gasteiger partial charge in [-0.2, -0.15) is 0 Å². The van der Waals surface area contributed by atoms with E-state index in [4.69, 9.17) is 5.11 Å². The fourth-order valence-corrected chi connectivity index (χ4v) is 1.37. The van der Waals surface area contributed by atoms with Crippen molar-refractivity contribution in [2.45, 2.75) is 6.61 Å². The minimum atomic E-state index is -0.523. The third kappa shape index (κ3) is 2.06. The third-order valence-corrected chi connectivity index (χ3v) is 2.21. The molecule has 0 spiro atoms. The summed E-state index contributed by atoms with van der Waals surface area (Å²) in [6, 6.07) is 6.37. The zero-order valence-electron chi connectivity index (χ0n) is 8.32. The van der Waals surface area contributed by atoms with Crippen LogP contribution in [-0.2, 0) is 6.61 Å². The van der Waals surface area contributed by atoms with Gasteiger partial charge in [0.05, 0.1) is 12.3 Å². The van der Waals surface area contributed by atoms with Gasteiger partial charge >= 0.3 is 0 Å². The summed E-state index contributed by atoms with van der Waals surface area (Å²) in [6.07, 6.45) is 1.43. The van der Waals surface area contributed by atoms with E-state index in [9.17, 15) is 8.78 Å². The average Bonchev–Trinajstić information content (AvgIpc) is 2.32. The first kappa shape index (κ1) is 10.7. The number of aromatic nitrogens is 1. The third-order valence-electron chi connectivity index (χ3n) is 2.21. The Hall–Kier alpha value is -1.81. The maximum atomic E-state index is 13.4. The average molecular weight is 221 g/mol. The van der Waals surface area contributed by atoms with Gasteiger partial charge in [-0.3, -0.25) is 4.98 Å². The molecule has 0 fully saturated rings. The fourth-order valence-electron chi connectivity index (χ4n) is 1.37. The highest BCUT2D eigenvalue weighted by molar-refractivity contribution is 5.59. The predicted molar refractivity (Wildman–Crippen MR) is 55.5 cm³/mol. The highest BCUT2D eigenvalue weighted by Crippen LogP contribution is 2.21. The van der Waals surface area contributed by atoms with Crippen molar-refractivity contribution in [2.24, 2.45) is 0 Å². The molecule has 1 N–H and O–H groups in total. The van der Waals surface area contributed by atoms with E-state index < -0.39 is 11.6 Å². The summed E-state index contributed by atoms with van der Waals surface area (Å²) in [5, 5.41) is 8.82. The van der Waals surface area contributed by atoms with Crippen molar-refractivity contribution in [3.63, 3.8) is 0 Å². The van der Waals surface area contributed by atoms with Crippen molar-refractivity contribution in [1.29, 1.82) is 0 Å². The minimum absolute atomic E-state index is 0.115. The highest BCUT2D eigenvalue weighted by Gasteiger charge is 2.07. The van der Waals surface area contributed by atoms with Crippen LogP contribution in [0.4, 0.5) is 8.78 Å². The molecule has 0 saturated carbocycles. The van der Waals surface area contributed by atoms with Crippen LogP contribution < -0.4 is 0 Å². The lowest BCUT2D eigenvalue weighted by Crippen LogP contribution is -1.91. The van der Waals surface area contributed by atoms with Crippen molar-refractivity contribution in [3.05, 3.63) is 53.7 Å². The molecule has 1 heterocycles. The number of pyridine rings is 1. The summed E-state index contributed by atoms with van der Waals surface area (Å²) in [6.45, 7) is -0.126. The number of nitrogens with zero attached hydrogens (tertiary/aromatic N) is 1. The smallest absolute Gasteiger partial charge is 0.132 e. The quantitative estimate of drug-likeness (QED) is 0.845. The van der Waals surface area contributed by atoms with Gasteiger partial charge in [-0.25, -0.2) is 8.78 Å². The Morgan fingerprint density at radius 2 is 1.94 bits per heavy atom. The molecule has 0 bridgehead atoms. The summed E-state index contributed by atoms with van der Waals surface area (Å²) in [7, 11) is 0.